The number of carbonyl (C=O) groups excluding carboxylic acids is 4. The van der Waals surface area contributed by atoms with Crippen molar-refractivity contribution in [1.29, 1.82) is 0 Å². The molecule has 0 aliphatic heterocycles. The summed E-state index contributed by atoms with van der Waals surface area (Å²) in [6.45, 7) is 0. The van der Waals surface area contributed by atoms with Crippen molar-refractivity contribution in [2.45, 2.75) is 24.4 Å². The van der Waals surface area contributed by atoms with Crippen LogP contribution in [-0.4, -0.2) is 36.1 Å². The SMILES string of the molecule is O=C(/C=C/c1ccccc1)O[C@@H](C(=O)OC(c1ccccc1)c1ccccc1)[C@@H](OC(=O)/C=C/c1ccccc1)C(=O)OC(c1ccccc1)c1ccccc1. The smallest absolute Gasteiger partial charge is 0.353 e. The molecular weight excluding hydrogens is 705 g/mol. The summed E-state index contributed by atoms with van der Waals surface area (Å²) in [6.07, 6.45) is -0.988. The van der Waals surface area contributed by atoms with Crippen LogP contribution in [0.1, 0.15) is 45.6 Å². The van der Waals surface area contributed by atoms with Gasteiger partial charge in [-0.25, -0.2) is 19.2 Å². The molecule has 0 heterocycles. The summed E-state index contributed by atoms with van der Waals surface area (Å²) in [5.41, 5.74) is 3.79. The zero-order valence-corrected chi connectivity index (χ0v) is 30.2. The van der Waals surface area contributed by atoms with Crippen LogP contribution in [-0.2, 0) is 38.1 Å². The molecule has 0 aromatic heterocycles. The van der Waals surface area contributed by atoms with Crippen molar-refractivity contribution in [3.05, 3.63) is 228 Å². The van der Waals surface area contributed by atoms with E-state index >= 15 is 0 Å². The summed E-state index contributed by atoms with van der Waals surface area (Å²) >= 11 is 0. The lowest BCUT2D eigenvalue weighted by Gasteiger charge is -2.28. The second-order valence-electron chi connectivity index (χ2n) is 12.5. The molecule has 8 heteroatoms. The molecule has 0 fully saturated rings. The number of carbonyl (C=O) groups is 4. The predicted octanol–water partition coefficient (Wildman–Crippen LogP) is 8.90. The number of hydrogen-bond acceptors (Lipinski definition) is 8. The van der Waals surface area contributed by atoms with Gasteiger partial charge in [0, 0.05) is 12.2 Å². The van der Waals surface area contributed by atoms with Gasteiger partial charge in [0.15, 0.2) is 12.2 Å². The van der Waals surface area contributed by atoms with E-state index in [9.17, 15) is 19.2 Å². The third-order valence-electron chi connectivity index (χ3n) is 8.53. The Balaban J connectivity index is 1.40. The summed E-state index contributed by atoms with van der Waals surface area (Å²) in [5.74, 6) is -4.30. The van der Waals surface area contributed by atoms with Gasteiger partial charge in [0.05, 0.1) is 0 Å². The predicted molar refractivity (Wildman–Crippen MR) is 212 cm³/mol. The molecule has 0 aliphatic carbocycles. The first-order chi connectivity index (χ1) is 27.4. The maximum Gasteiger partial charge on any atom is 0.353 e. The Morgan fingerprint density at radius 1 is 0.339 bits per heavy atom. The molecule has 56 heavy (non-hydrogen) atoms. The van der Waals surface area contributed by atoms with Gasteiger partial charge >= 0.3 is 23.9 Å². The van der Waals surface area contributed by atoms with Crippen molar-refractivity contribution in [1.82, 2.24) is 0 Å². The molecule has 0 amide bonds. The Morgan fingerprint density at radius 3 is 0.857 bits per heavy atom. The summed E-state index contributed by atoms with van der Waals surface area (Å²) in [7, 11) is 0. The fraction of sp³-hybridized carbons (Fsp3) is 0.0833. The van der Waals surface area contributed by atoms with Crippen molar-refractivity contribution in [2.24, 2.45) is 0 Å². The average molecular weight is 743 g/mol. The second-order valence-corrected chi connectivity index (χ2v) is 12.5. The van der Waals surface area contributed by atoms with Gasteiger partial charge in [-0.1, -0.05) is 182 Å². The molecule has 0 saturated heterocycles. The van der Waals surface area contributed by atoms with Gasteiger partial charge in [-0.05, 0) is 45.5 Å². The summed E-state index contributed by atoms with van der Waals surface area (Å²) < 4.78 is 23.7. The molecule has 0 bridgehead atoms. The van der Waals surface area contributed by atoms with Crippen LogP contribution in [0, 0.1) is 0 Å². The van der Waals surface area contributed by atoms with Crippen molar-refractivity contribution >= 4 is 36.0 Å². The van der Waals surface area contributed by atoms with Gasteiger partial charge in [-0.3, -0.25) is 0 Å². The molecule has 6 rings (SSSR count). The van der Waals surface area contributed by atoms with Gasteiger partial charge in [0.1, 0.15) is 0 Å². The number of ether oxygens (including phenoxy) is 4. The zero-order valence-electron chi connectivity index (χ0n) is 30.2. The van der Waals surface area contributed by atoms with Crippen molar-refractivity contribution in [3.8, 4) is 0 Å². The van der Waals surface area contributed by atoms with Crippen LogP contribution in [0.4, 0.5) is 0 Å². The Hall–Kier alpha value is -7.32. The van der Waals surface area contributed by atoms with E-state index in [4.69, 9.17) is 18.9 Å². The molecular formula is C48H38O8. The number of benzene rings is 6. The third-order valence-corrected chi connectivity index (χ3v) is 8.53. The maximum atomic E-state index is 14.5. The highest BCUT2D eigenvalue weighted by molar-refractivity contribution is 5.94. The lowest BCUT2D eigenvalue weighted by molar-refractivity contribution is -0.191. The van der Waals surface area contributed by atoms with Crippen LogP contribution >= 0.6 is 0 Å². The Labute approximate surface area is 325 Å². The Kier molecular flexibility index (Phi) is 13.5. The first kappa shape index (κ1) is 38.4. The summed E-state index contributed by atoms with van der Waals surface area (Å²) in [4.78, 5) is 56.0. The molecule has 6 aromatic carbocycles. The average Bonchev–Trinajstić information content (AvgIpc) is 3.26. The van der Waals surface area contributed by atoms with Crippen LogP contribution in [0.5, 0.6) is 0 Å². The lowest BCUT2D eigenvalue weighted by atomic mass is 10.0. The van der Waals surface area contributed by atoms with Crippen LogP contribution in [0.2, 0.25) is 0 Å². The monoisotopic (exact) mass is 742 g/mol. The quantitative estimate of drug-likeness (QED) is 0.0584. The molecule has 0 unspecified atom stereocenters. The van der Waals surface area contributed by atoms with Crippen molar-refractivity contribution in [3.63, 3.8) is 0 Å². The van der Waals surface area contributed by atoms with E-state index < -0.39 is 48.3 Å². The number of esters is 4. The van der Waals surface area contributed by atoms with E-state index in [0.717, 1.165) is 12.2 Å². The fourth-order valence-corrected chi connectivity index (χ4v) is 5.79. The van der Waals surface area contributed by atoms with E-state index in [-0.39, 0.29) is 0 Å². The molecule has 0 spiro atoms. The van der Waals surface area contributed by atoms with E-state index in [1.165, 1.54) is 12.2 Å². The first-order valence-corrected chi connectivity index (χ1v) is 17.9. The van der Waals surface area contributed by atoms with E-state index in [0.29, 0.717) is 33.4 Å². The summed E-state index contributed by atoms with van der Waals surface area (Å²) in [5, 5.41) is 0. The third kappa shape index (κ3) is 10.9. The number of hydrogen-bond donors (Lipinski definition) is 0. The van der Waals surface area contributed by atoms with Crippen molar-refractivity contribution < 1.29 is 38.1 Å². The molecule has 0 aliphatic rings. The first-order valence-electron chi connectivity index (χ1n) is 17.9. The van der Waals surface area contributed by atoms with Crippen molar-refractivity contribution in [2.75, 3.05) is 0 Å². The number of rotatable bonds is 15. The minimum absolute atomic E-state index is 0.608. The molecule has 8 nitrogen and oxygen atoms in total. The molecule has 0 N–H and O–H groups in total. The molecule has 2 atom stereocenters. The second kappa shape index (κ2) is 19.7. The van der Waals surface area contributed by atoms with Gasteiger partial charge in [-0.2, -0.15) is 0 Å². The molecule has 0 radical (unpaired) electrons. The summed E-state index contributed by atoms with van der Waals surface area (Å²) in [6, 6.07) is 53.7. The van der Waals surface area contributed by atoms with Gasteiger partial charge in [0.25, 0.3) is 0 Å². The minimum Gasteiger partial charge on any atom is -0.450 e. The minimum atomic E-state index is -2.10. The van der Waals surface area contributed by atoms with E-state index in [2.05, 4.69) is 0 Å². The lowest BCUT2D eigenvalue weighted by Crippen LogP contribution is -2.47. The molecule has 0 saturated carbocycles. The Bertz CT molecular complexity index is 1980. The molecule has 6 aromatic rings. The Morgan fingerprint density at radius 2 is 0.589 bits per heavy atom. The standard InChI is InChI=1S/C48H38O8/c49-41(33-31-35-19-7-1-8-20-35)53-45(47(51)55-43(37-23-11-3-12-24-37)38-25-13-4-14-26-38)46(54-42(50)34-32-36-21-9-2-10-22-36)48(52)56-44(39-27-15-5-16-28-39)40-29-17-6-18-30-40/h1-34,43-46H/b33-31+,34-32+/t45-,46-/m1/s1. The molecule has 278 valence electrons. The highest BCUT2D eigenvalue weighted by atomic mass is 16.6. The van der Waals surface area contributed by atoms with E-state index in [1.807, 2.05) is 36.4 Å². The topological polar surface area (TPSA) is 105 Å². The van der Waals surface area contributed by atoms with Gasteiger partial charge in [0.2, 0.25) is 12.2 Å². The van der Waals surface area contributed by atoms with Gasteiger partial charge in [-0.15, -0.1) is 0 Å². The van der Waals surface area contributed by atoms with Crippen LogP contribution in [0.3, 0.4) is 0 Å². The highest BCUT2D eigenvalue weighted by Gasteiger charge is 2.44. The van der Waals surface area contributed by atoms with Gasteiger partial charge < -0.3 is 18.9 Å². The normalized spacial score (nSPS) is 12.2. The van der Waals surface area contributed by atoms with Crippen LogP contribution in [0.25, 0.3) is 12.2 Å². The van der Waals surface area contributed by atoms with Crippen LogP contribution < -0.4 is 0 Å². The maximum absolute atomic E-state index is 14.5. The largest absolute Gasteiger partial charge is 0.450 e. The fourth-order valence-electron chi connectivity index (χ4n) is 5.79. The highest BCUT2D eigenvalue weighted by Crippen LogP contribution is 2.30. The zero-order chi connectivity index (χ0) is 39.0. The van der Waals surface area contributed by atoms with E-state index in [1.54, 1.807) is 146 Å². The van der Waals surface area contributed by atoms with Crippen LogP contribution in [0.15, 0.2) is 194 Å².